The Labute approximate surface area is 161 Å². The summed E-state index contributed by atoms with van der Waals surface area (Å²) in [4.78, 5) is 43.7. The summed E-state index contributed by atoms with van der Waals surface area (Å²) in [6, 6.07) is 7.54. The second-order valence-electron chi connectivity index (χ2n) is 6.77. The molecule has 2 aliphatic heterocycles. The standard InChI is InChI=1S/C19H20N4O3S/c24-17-12-27-19(26)23(17)16-5-8-22(9-6-16)18(25)15-3-1-14(2-4-15)11-21-10-7-20-13-21/h1-4,7,10,13,16H,5-6,8-9,11-12H2. The van der Waals surface area contributed by atoms with Crippen molar-refractivity contribution in [2.45, 2.75) is 25.4 Å². The fraction of sp³-hybridized carbons (Fsp3) is 0.368. The van der Waals surface area contributed by atoms with E-state index in [-0.39, 0.29) is 28.8 Å². The zero-order chi connectivity index (χ0) is 18.8. The van der Waals surface area contributed by atoms with Crippen molar-refractivity contribution in [3.8, 4) is 0 Å². The molecular weight excluding hydrogens is 364 g/mol. The molecule has 1 aromatic heterocycles. The molecule has 0 unspecified atom stereocenters. The summed E-state index contributed by atoms with van der Waals surface area (Å²) in [5.41, 5.74) is 1.76. The Bertz CT molecular complexity index is 826. The van der Waals surface area contributed by atoms with Gasteiger partial charge in [0.1, 0.15) is 0 Å². The van der Waals surface area contributed by atoms with Gasteiger partial charge in [0.05, 0.1) is 12.1 Å². The first kappa shape index (κ1) is 17.8. The number of thioether (sulfide) groups is 1. The highest BCUT2D eigenvalue weighted by Gasteiger charge is 2.38. The molecule has 0 radical (unpaired) electrons. The summed E-state index contributed by atoms with van der Waals surface area (Å²) >= 11 is 1.06. The average Bonchev–Trinajstić information content (AvgIpc) is 3.32. The molecule has 0 aliphatic carbocycles. The van der Waals surface area contributed by atoms with E-state index in [0.29, 0.717) is 31.5 Å². The van der Waals surface area contributed by atoms with Crippen LogP contribution in [0.2, 0.25) is 0 Å². The number of imide groups is 1. The predicted molar refractivity (Wildman–Crippen MR) is 101 cm³/mol. The molecule has 7 nitrogen and oxygen atoms in total. The second kappa shape index (κ2) is 7.56. The molecule has 0 N–H and O–H groups in total. The monoisotopic (exact) mass is 384 g/mol. The highest BCUT2D eigenvalue weighted by atomic mass is 32.2. The van der Waals surface area contributed by atoms with Crippen molar-refractivity contribution in [3.63, 3.8) is 0 Å². The van der Waals surface area contributed by atoms with Gasteiger partial charge in [-0.15, -0.1) is 0 Å². The average molecular weight is 384 g/mol. The third-order valence-electron chi connectivity index (χ3n) is 5.03. The zero-order valence-corrected chi connectivity index (χ0v) is 15.6. The van der Waals surface area contributed by atoms with Crippen LogP contribution < -0.4 is 0 Å². The van der Waals surface area contributed by atoms with E-state index in [1.807, 2.05) is 35.0 Å². The van der Waals surface area contributed by atoms with Gasteiger partial charge < -0.3 is 9.47 Å². The van der Waals surface area contributed by atoms with Gasteiger partial charge in [-0.25, -0.2) is 4.98 Å². The second-order valence-corrected chi connectivity index (χ2v) is 7.70. The van der Waals surface area contributed by atoms with Gasteiger partial charge in [0.15, 0.2) is 0 Å². The van der Waals surface area contributed by atoms with Crippen LogP contribution in [0.5, 0.6) is 0 Å². The zero-order valence-electron chi connectivity index (χ0n) is 14.8. The van der Waals surface area contributed by atoms with Crippen LogP contribution in [0.15, 0.2) is 43.0 Å². The van der Waals surface area contributed by atoms with Crippen molar-refractivity contribution >= 4 is 28.8 Å². The maximum Gasteiger partial charge on any atom is 0.289 e. The summed E-state index contributed by atoms with van der Waals surface area (Å²) in [5.74, 6) is 0.128. The number of benzene rings is 1. The number of nitrogens with zero attached hydrogens (tertiary/aromatic N) is 4. The molecule has 4 rings (SSSR count). The van der Waals surface area contributed by atoms with Crippen LogP contribution in [0.25, 0.3) is 0 Å². The van der Waals surface area contributed by atoms with Crippen molar-refractivity contribution in [2.75, 3.05) is 18.8 Å². The smallest absolute Gasteiger partial charge is 0.289 e. The molecule has 2 saturated heterocycles. The third-order valence-corrected chi connectivity index (χ3v) is 5.86. The maximum absolute atomic E-state index is 12.7. The molecule has 0 saturated carbocycles. The van der Waals surface area contributed by atoms with Gasteiger partial charge in [-0.1, -0.05) is 23.9 Å². The molecule has 0 spiro atoms. The van der Waals surface area contributed by atoms with Crippen LogP contribution >= 0.6 is 11.8 Å². The van der Waals surface area contributed by atoms with Crippen LogP contribution in [0.1, 0.15) is 28.8 Å². The summed E-state index contributed by atoms with van der Waals surface area (Å²) < 4.78 is 1.97. The Morgan fingerprint density at radius 1 is 1.15 bits per heavy atom. The molecule has 0 bridgehead atoms. The van der Waals surface area contributed by atoms with Crippen LogP contribution in [0, 0.1) is 0 Å². The lowest BCUT2D eigenvalue weighted by atomic mass is 10.0. The number of hydrogen-bond acceptors (Lipinski definition) is 5. The third kappa shape index (κ3) is 3.75. The molecule has 8 heteroatoms. The van der Waals surface area contributed by atoms with Gasteiger partial charge in [-0.3, -0.25) is 19.3 Å². The van der Waals surface area contributed by atoms with Gasteiger partial charge in [0, 0.05) is 43.6 Å². The Kier molecular flexibility index (Phi) is 4.98. The Morgan fingerprint density at radius 3 is 2.48 bits per heavy atom. The minimum Gasteiger partial charge on any atom is -0.338 e. The minimum atomic E-state index is -0.154. The lowest BCUT2D eigenvalue weighted by Gasteiger charge is -2.35. The number of piperidine rings is 1. The van der Waals surface area contributed by atoms with Gasteiger partial charge in [0.2, 0.25) is 5.91 Å². The first-order chi connectivity index (χ1) is 13.1. The molecule has 27 heavy (non-hydrogen) atoms. The topological polar surface area (TPSA) is 75.5 Å². The SMILES string of the molecule is O=C(c1ccc(Cn2ccnc2)cc1)N1CCC(N2C(=O)CSC2=O)CC1. The van der Waals surface area contributed by atoms with Crippen LogP contribution in [-0.4, -0.2) is 61.3 Å². The van der Waals surface area contributed by atoms with Crippen LogP contribution in [0.4, 0.5) is 4.79 Å². The van der Waals surface area contributed by atoms with E-state index < -0.39 is 0 Å². The number of rotatable bonds is 4. The molecule has 1 aromatic carbocycles. The number of imidazole rings is 1. The van der Waals surface area contributed by atoms with E-state index in [1.54, 1.807) is 17.4 Å². The molecule has 3 heterocycles. The van der Waals surface area contributed by atoms with E-state index in [2.05, 4.69) is 4.98 Å². The Morgan fingerprint density at radius 2 is 1.89 bits per heavy atom. The first-order valence-electron chi connectivity index (χ1n) is 8.94. The highest BCUT2D eigenvalue weighted by molar-refractivity contribution is 8.14. The molecule has 3 amide bonds. The number of likely N-dealkylation sites (tertiary alicyclic amines) is 1. The van der Waals surface area contributed by atoms with Gasteiger partial charge in [-0.05, 0) is 30.5 Å². The number of carbonyl (C=O) groups excluding carboxylic acids is 3. The van der Waals surface area contributed by atoms with Crippen molar-refractivity contribution < 1.29 is 14.4 Å². The van der Waals surface area contributed by atoms with Crippen molar-refractivity contribution in [2.24, 2.45) is 0 Å². The summed E-state index contributed by atoms with van der Waals surface area (Å²) in [5, 5.41) is -0.154. The van der Waals surface area contributed by atoms with Gasteiger partial charge >= 0.3 is 0 Å². The number of aromatic nitrogens is 2. The predicted octanol–water partition coefficient (Wildman–Crippen LogP) is 2.23. The molecule has 140 valence electrons. The quantitative estimate of drug-likeness (QED) is 0.808. The number of carbonyl (C=O) groups is 3. The lowest BCUT2D eigenvalue weighted by molar-refractivity contribution is -0.126. The number of amides is 3. The molecule has 2 fully saturated rings. The van der Waals surface area contributed by atoms with Gasteiger partial charge in [-0.2, -0.15) is 0 Å². The van der Waals surface area contributed by atoms with Crippen molar-refractivity contribution in [1.29, 1.82) is 0 Å². The molecule has 2 aromatic rings. The summed E-state index contributed by atoms with van der Waals surface area (Å²) in [7, 11) is 0. The van der Waals surface area contributed by atoms with Crippen molar-refractivity contribution in [1.82, 2.24) is 19.4 Å². The molecule has 0 atom stereocenters. The fourth-order valence-electron chi connectivity index (χ4n) is 3.57. The minimum absolute atomic E-state index is 0.00363. The Hall–Kier alpha value is -2.61. The van der Waals surface area contributed by atoms with E-state index in [0.717, 1.165) is 23.9 Å². The van der Waals surface area contributed by atoms with Crippen LogP contribution in [0.3, 0.4) is 0 Å². The van der Waals surface area contributed by atoms with Crippen LogP contribution in [-0.2, 0) is 11.3 Å². The number of hydrogen-bond donors (Lipinski definition) is 0. The van der Waals surface area contributed by atoms with E-state index in [4.69, 9.17) is 0 Å². The van der Waals surface area contributed by atoms with E-state index >= 15 is 0 Å². The van der Waals surface area contributed by atoms with Crippen molar-refractivity contribution in [3.05, 3.63) is 54.1 Å². The van der Waals surface area contributed by atoms with E-state index in [1.165, 1.54) is 4.90 Å². The Balaban J connectivity index is 1.35. The highest BCUT2D eigenvalue weighted by Crippen LogP contribution is 2.27. The first-order valence-corrected chi connectivity index (χ1v) is 9.93. The maximum atomic E-state index is 12.7. The lowest BCUT2D eigenvalue weighted by Crippen LogP contribution is -2.48. The normalized spacial score (nSPS) is 18.4. The molecule has 2 aliphatic rings. The van der Waals surface area contributed by atoms with Gasteiger partial charge in [0.25, 0.3) is 11.1 Å². The molecular formula is C19H20N4O3S. The largest absolute Gasteiger partial charge is 0.338 e. The summed E-state index contributed by atoms with van der Waals surface area (Å²) in [6.45, 7) is 1.83. The summed E-state index contributed by atoms with van der Waals surface area (Å²) in [6.07, 6.45) is 6.68. The fourth-order valence-corrected chi connectivity index (χ4v) is 4.35. The van der Waals surface area contributed by atoms with E-state index in [9.17, 15) is 14.4 Å².